The Morgan fingerprint density at radius 3 is 2.47 bits per heavy atom. The molecule has 45 heavy (non-hydrogen) atoms. The number of dihydropyridines is 1. The van der Waals surface area contributed by atoms with Crippen LogP contribution >= 0.6 is 0 Å². The van der Waals surface area contributed by atoms with Gasteiger partial charge < -0.3 is 10.2 Å². The Hall–Kier alpha value is -3.14. The zero-order valence-corrected chi connectivity index (χ0v) is 27.8. The summed E-state index contributed by atoms with van der Waals surface area (Å²) in [6, 6.07) is 3.75. The van der Waals surface area contributed by atoms with Crippen molar-refractivity contribution in [3.63, 3.8) is 0 Å². The highest BCUT2D eigenvalue weighted by molar-refractivity contribution is 6.39. The van der Waals surface area contributed by atoms with E-state index >= 15 is 0 Å². The molecule has 1 saturated carbocycles. The SMILES string of the molecule is [B]c1cc([C@H](C)/C=C\C2CCC3C=CC=NC3C2)c(O)c([B])c(/C(=C/C)C2=CC(C)CC3C=C(C)[C@@H]2C3C)cc([B])c(O)c1C. The second kappa shape index (κ2) is 13.7. The molecule has 2 bridgehead atoms. The Morgan fingerprint density at radius 1 is 0.978 bits per heavy atom. The number of aromatic hydroxyl groups is 2. The lowest BCUT2D eigenvalue weighted by molar-refractivity contribution is 0.310. The predicted octanol–water partition coefficient (Wildman–Crippen LogP) is 6.20. The number of hydrogen-bond acceptors (Lipinski definition) is 3. The molecule has 2 N–H and O–H groups in total. The van der Waals surface area contributed by atoms with E-state index in [2.05, 4.69) is 63.3 Å². The molecule has 0 amide bonds. The molecule has 3 nitrogen and oxygen atoms in total. The van der Waals surface area contributed by atoms with Crippen molar-refractivity contribution in [3.8, 4) is 11.5 Å². The molecule has 6 unspecified atom stereocenters. The van der Waals surface area contributed by atoms with Crippen LogP contribution in [0.4, 0.5) is 0 Å². The van der Waals surface area contributed by atoms with E-state index in [1.54, 1.807) is 19.1 Å². The van der Waals surface area contributed by atoms with Gasteiger partial charge in [-0.05, 0) is 115 Å². The van der Waals surface area contributed by atoms with Crippen LogP contribution in [0.1, 0.15) is 82.9 Å². The van der Waals surface area contributed by atoms with Gasteiger partial charge in [0.1, 0.15) is 35.0 Å². The second-order valence-corrected chi connectivity index (χ2v) is 13.9. The topological polar surface area (TPSA) is 52.8 Å². The molecule has 0 spiro atoms. The van der Waals surface area contributed by atoms with E-state index in [0.29, 0.717) is 57.8 Å². The minimum Gasteiger partial charge on any atom is -0.508 e. The summed E-state index contributed by atoms with van der Waals surface area (Å²) in [5.41, 5.74) is 5.79. The lowest BCUT2D eigenvalue weighted by atomic mass is 9.74. The van der Waals surface area contributed by atoms with Gasteiger partial charge in [0.05, 0.1) is 6.04 Å². The van der Waals surface area contributed by atoms with Crippen LogP contribution in [0.3, 0.4) is 0 Å². The molecule has 1 aromatic rings. The molecule has 1 aromatic carbocycles. The van der Waals surface area contributed by atoms with E-state index in [-0.39, 0.29) is 34.3 Å². The first-order valence-corrected chi connectivity index (χ1v) is 16.6. The summed E-state index contributed by atoms with van der Waals surface area (Å²) in [7, 11) is 19.9. The van der Waals surface area contributed by atoms with Crippen molar-refractivity contribution >= 4 is 51.7 Å². The molecule has 1 aliphatic heterocycles. The summed E-state index contributed by atoms with van der Waals surface area (Å²) in [5.74, 6) is 2.22. The van der Waals surface area contributed by atoms with Crippen molar-refractivity contribution in [1.82, 2.24) is 0 Å². The lowest BCUT2D eigenvalue weighted by Crippen LogP contribution is -2.27. The van der Waals surface area contributed by atoms with Gasteiger partial charge >= 0.3 is 0 Å². The van der Waals surface area contributed by atoms with Gasteiger partial charge in [0.15, 0.2) is 0 Å². The quantitative estimate of drug-likeness (QED) is 0.316. The van der Waals surface area contributed by atoms with E-state index in [0.717, 1.165) is 31.3 Å². The van der Waals surface area contributed by atoms with Gasteiger partial charge in [0.25, 0.3) is 0 Å². The molecule has 8 atom stereocenters. The largest absolute Gasteiger partial charge is 0.508 e. The van der Waals surface area contributed by atoms with Crippen LogP contribution in [0, 0.1) is 42.4 Å². The Labute approximate surface area is 275 Å². The lowest BCUT2D eigenvalue weighted by Gasteiger charge is -2.32. The van der Waals surface area contributed by atoms with Gasteiger partial charge in [-0.3, -0.25) is 4.99 Å². The molecule has 0 aromatic heterocycles. The minimum absolute atomic E-state index is 0.0275. The average Bonchev–Trinajstić information content (AvgIpc) is 3.23. The summed E-state index contributed by atoms with van der Waals surface area (Å²) < 4.78 is 0. The van der Waals surface area contributed by atoms with E-state index in [1.165, 1.54) is 11.1 Å². The van der Waals surface area contributed by atoms with Crippen LogP contribution < -0.4 is 16.4 Å². The highest BCUT2D eigenvalue weighted by atomic mass is 16.3. The van der Waals surface area contributed by atoms with Gasteiger partial charge in [-0.1, -0.05) is 85.9 Å². The molecule has 4 aliphatic rings. The fraction of sp³-hybridized carbons (Fsp3) is 0.462. The van der Waals surface area contributed by atoms with E-state index in [1.807, 2.05) is 20.1 Å². The number of fused-ring (bicyclic) bond motifs is 3. The number of aliphatic imine (C=N–C) groups is 1. The molecule has 6 heteroatoms. The summed E-state index contributed by atoms with van der Waals surface area (Å²) in [5, 5.41) is 23.2. The van der Waals surface area contributed by atoms with Crippen molar-refractivity contribution < 1.29 is 10.2 Å². The van der Waals surface area contributed by atoms with E-state index in [9.17, 15) is 10.2 Å². The average molecular weight is 593 g/mol. The molecular formula is C39H46B3NO2. The van der Waals surface area contributed by atoms with Crippen LogP contribution in [0.5, 0.6) is 11.5 Å². The maximum atomic E-state index is 12.0. The fourth-order valence-corrected chi connectivity index (χ4v) is 8.11. The highest BCUT2D eigenvalue weighted by Gasteiger charge is 2.38. The number of allylic oxidation sites excluding steroid dienone is 9. The van der Waals surface area contributed by atoms with Crippen LogP contribution in [0.25, 0.3) is 5.57 Å². The smallest absolute Gasteiger partial charge is 0.119 e. The Kier molecular flexibility index (Phi) is 10.1. The maximum absolute atomic E-state index is 12.0. The van der Waals surface area contributed by atoms with Gasteiger partial charge in [-0.2, -0.15) is 0 Å². The standard InChI is InChI=1S/C39H46B3NO2/c1-7-29(31-16-21(2)15-28-17-23(4)36(31)24(28)5)32-20-34(41)38(44)25(6)33(40)19-30(39(45)37(32)42)22(3)10-11-26-12-13-27-9-8-14-43-35(27)18-26/h7-11,14,16-17,19-22,24,26-28,35-36,44-45H,12-13,15,18H2,1-6H3/b11-10-,29-7+,30-19?,32-20?,33-19?,33-25?,34-20?,37-32?,38-25?,38-34?,39-30?,39-37?/t21?,22-,24?,26?,27?,28?,35?,36-/m1/s1. The van der Waals surface area contributed by atoms with Crippen LogP contribution in [0.2, 0.25) is 0 Å². The Balaban J connectivity index is 1.63. The maximum Gasteiger partial charge on any atom is 0.119 e. The minimum atomic E-state index is -0.196. The highest BCUT2D eigenvalue weighted by Crippen LogP contribution is 2.49. The monoisotopic (exact) mass is 593 g/mol. The van der Waals surface area contributed by atoms with E-state index in [4.69, 9.17) is 28.5 Å². The van der Waals surface area contributed by atoms with Gasteiger partial charge in [-0.15, -0.1) is 0 Å². The molecule has 228 valence electrons. The van der Waals surface area contributed by atoms with Crippen LogP contribution in [-0.2, 0) is 0 Å². The first kappa shape index (κ1) is 33.2. The zero-order chi connectivity index (χ0) is 32.6. The molecule has 0 saturated heterocycles. The Morgan fingerprint density at radius 2 is 1.73 bits per heavy atom. The molecular weight excluding hydrogens is 547 g/mol. The van der Waals surface area contributed by atoms with Gasteiger partial charge in [0, 0.05) is 18.1 Å². The first-order chi connectivity index (χ1) is 21.4. The summed E-state index contributed by atoms with van der Waals surface area (Å²) in [6.45, 7) is 12.6. The molecule has 5 rings (SSSR count). The molecule has 6 radical (unpaired) electrons. The van der Waals surface area contributed by atoms with Crippen molar-refractivity contribution in [1.29, 1.82) is 0 Å². The van der Waals surface area contributed by atoms with Crippen LogP contribution in [-0.4, -0.2) is 46.0 Å². The van der Waals surface area contributed by atoms with Crippen molar-refractivity contribution in [3.05, 3.63) is 82.5 Å². The van der Waals surface area contributed by atoms with Gasteiger partial charge in [-0.25, -0.2) is 0 Å². The Bertz CT molecular complexity index is 1580. The summed E-state index contributed by atoms with van der Waals surface area (Å²) >= 11 is 0. The molecule has 1 fully saturated rings. The summed E-state index contributed by atoms with van der Waals surface area (Å²) in [6.07, 6.45) is 21.8. The van der Waals surface area contributed by atoms with Crippen molar-refractivity contribution in [2.24, 2.45) is 40.5 Å². The predicted molar refractivity (Wildman–Crippen MR) is 194 cm³/mol. The summed E-state index contributed by atoms with van der Waals surface area (Å²) in [4.78, 5) is 4.72. The molecule has 1 heterocycles. The zero-order valence-electron chi connectivity index (χ0n) is 27.8. The molecule has 3 aliphatic carbocycles. The second-order valence-electron chi connectivity index (χ2n) is 13.9. The first-order valence-electron chi connectivity index (χ1n) is 16.6. The number of hydrogen-bond donors (Lipinski definition) is 2. The number of rotatable bonds is 5. The third kappa shape index (κ3) is 6.72. The normalized spacial score (nSPS) is 29.9. The van der Waals surface area contributed by atoms with Crippen molar-refractivity contribution in [2.75, 3.05) is 0 Å². The third-order valence-electron chi connectivity index (χ3n) is 10.8. The third-order valence-corrected chi connectivity index (χ3v) is 10.8. The van der Waals surface area contributed by atoms with Gasteiger partial charge in [0.2, 0.25) is 0 Å². The fourth-order valence-electron chi connectivity index (χ4n) is 8.11. The van der Waals surface area contributed by atoms with E-state index < -0.39 is 0 Å². The number of nitrogens with zero attached hydrogens (tertiary/aromatic N) is 1. The van der Waals surface area contributed by atoms with Crippen molar-refractivity contribution in [2.45, 2.75) is 79.2 Å². The van der Waals surface area contributed by atoms with Crippen LogP contribution in [0.15, 0.2) is 70.8 Å².